The molecule has 0 saturated heterocycles. The zero-order valence-corrected chi connectivity index (χ0v) is 15.5. The molecule has 3 rings (SSSR count). The van der Waals surface area contributed by atoms with Gasteiger partial charge in [-0.1, -0.05) is 17.7 Å². The topological polar surface area (TPSA) is 88.0 Å². The third kappa shape index (κ3) is 3.94. The van der Waals surface area contributed by atoms with Crippen molar-refractivity contribution in [1.82, 2.24) is 9.97 Å². The maximum absolute atomic E-state index is 12.3. The molecule has 0 radical (unpaired) electrons. The summed E-state index contributed by atoms with van der Waals surface area (Å²) >= 11 is 5.98. The Hall–Kier alpha value is -3.30. The molecule has 0 aliphatic heterocycles. The highest BCUT2D eigenvalue weighted by molar-refractivity contribution is 6.31. The summed E-state index contributed by atoms with van der Waals surface area (Å²) in [4.78, 5) is 19.3. The summed E-state index contributed by atoms with van der Waals surface area (Å²) in [5.74, 6) is 1.34. The number of nitrogens with zero attached hydrogens (tertiary/aromatic N) is 2. The van der Waals surface area contributed by atoms with Gasteiger partial charge in [-0.05, 0) is 48.9 Å². The number of hydrogen-bond acceptors (Lipinski definition) is 5. The second kappa shape index (κ2) is 7.94. The largest absolute Gasteiger partial charge is 0.493 e. The molecule has 136 valence electrons. The highest BCUT2D eigenvalue weighted by Gasteiger charge is 2.10. The number of fused-ring (bicyclic) bond motifs is 1. The Morgan fingerprint density at radius 1 is 1.30 bits per heavy atom. The summed E-state index contributed by atoms with van der Waals surface area (Å²) in [5.41, 5.74) is 1.01. The maximum Gasteiger partial charge on any atom is 0.259 e. The van der Waals surface area contributed by atoms with Crippen molar-refractivity contribution in [2.45, 2.75) is 6.92 Å². The number of rotatable bonds is 5. The summed E-state index contributed by atoms with van der Waals surface area (Å²) in [6, 6.07) is 12.2. The number of benzene rings is 2. The fourth-order valence-corrected chi connectivity index (χ4v) is 2.78. The zero-order chi connectivity index (χ0) is 19.4. The molecule has 6 nitrogen and oxygen atoms in total. The third-order valence-electron chi connectivity index (χ3n) is 3.84. The summed E-state index contributed by atoms with van der Waals surface area (Å²) in [6.45, 7) is 2.35. The van der Waals surface area contributed by atoms with Gasteiger partial charge < -0.3 is 14.5 Å². The standard InChI is InChI=1S/C20H16ClN3O3/c1-3-27-18-9-12(4-7-17(18)26-2)8-13(11-22)19-23-16-10-14(21)5-6-15(16)20(25)24-19/h4-10H,3H2,1-2H3,(H,23,24,25)/b13-8+. The van der Waals surface area contributed by atoms with Crippen molar-refractivity contribution in [3.63, 3.8) is 0 Å². The Kier molecular flexibility index (Phi) is 5.43. The van der Waals surface area contributed by atoms with Gasteiger partial charge in [0, 0.05) is 5.02 Å². The lowest BCUT2D eigenvalue weighted by molar-refractivity contribution is 0.311. The minimum Gasteiger partial charge on any atom is -0.493 e. The van der Waals surface area contributed by atoms with Crippen LogP contribution in [0.25, 0.3) is 22.6 Å². The quantitative estimate of drug-likeness (QED) is 0.673. The molecule has 0 saturated carbocycles. The van der Waals surface area contributed by atoms with Crippen LogP contribution >= 0.6 is 11.6 Å². The van der Waals surface area contributed by atoms with Crippen molar-refractivity contribution in [3.05, 3.63) is 63.2 Å². The molecule has 27 heavy (non-hydrogen) atoms. The van der Waals surface area contributed by atoms with Crippen LogP contribution in [0.3, 0.4) is 0 Å². The van der Waals surface area contributed by atoms with Gasteiger partial charge in [0.25, 0.3) is 5.56 Å². The monoisotopic (exact) mass is 381 g/mol. The zero-order valence-electron chi connectivity index (χ0n) is 14.7. The third-order valence-corrected chi connectivity index (χ3v) is 4.08. The Balaban J connectivity index is 2.10. The average molecular weight is 382 g/mol. The van der Waals surface area contributed by atoms with Crippen LogP contribution in [0.15, 0.2) is 41.2 Å². The first-order chi connectivity index (χ1) is 13.0. The van der Waals surface area contributed by atoms with Gasteiger partial charge in [0.1, 0.15) is 6.07 Å². The van der Waals surface area contributed by atoms with Crippen LogP contribution in [0, 0.1) is 11.3 Å². The summed E-state index contributed by atoms with van der Waals surface area (Å²) in [7, 11) is 1.56. The van der Waals surface area contributed by atoms with Gasteiger partial charge in [-0.15, -0.1) is 0 Å². The van der Waals surface area contributed by atoms with Crippen LogP contribution < -0.4 is 15.0 Å². The Morgan fingerprint density at radius 3 is 2.81 bits per heavy atom. The van der Waals surface area contributed by atoms with Crippen LogP contribution in [0.1, 0.15) is 18.3 Å². The van der Waals surface area contributed by atoms with Crippen molar-refractivity contribution in [2.24, 2.45) is 0 Å². The van der Waals surface area contributed by atoms with Gasteiger partial charge in [-0.25, -0.2) is 4.98 Å². The second-order valence-corrected chi connectivity index (χ2v) is 6.03. The minimum atomic E-state index is -0.336. The van der Waals surface area contributed by atoms with Crippen LogP contribution in [0.5, 0.6) is 11.5 Å². The number of ether oxygens (including phenoxy) is 2. The van der Waals surface area contributed by atoms with E-state index in [4.69, 9.17) is 21.1 Å². The van der Waals surface area contributed by atoms with Crippen molar-refractivity contribution in [1.29, 1.82) is 5.26 Å². The molecule has 0 spiro atoms. The van der Waals surface area contributed by atoms with Gasteiger partial charge in [0.05, 0.1) is 30.2 Å². The second-order valence-electron chi connectivity index (χ2n) is 5.59. The lowest BCUT2D eigenvalue weighted by atomic mass is 10.1. The average Bonchev–Trinajstić information content (AvgIpc) is 2.66. The van der Waals surface area contributed by atoms with E-state index in [0.29, 0.717) is 39.6 Å². The predicted molar refractivity (Wildman–Crippen MR) is 105 cm³/mol. The molecular formula is C20H16ClN3O3. The summed E-state index contributed by atoms with van der Waals surface area (Å²) < 4.78 is 10.8. The number of aromatic amines is 1. The van der Waals surface area contributed by atoms with E-state index in [-0.39, 0.29) is 17.0 Å². The van der Waals surface area contributed by atoms with Crippen LogP contribution in [-0.4, -0.2) is 23.7 Å². The van der Waals surface area contributed by atoms with E-state index in [1.807, 2.05) is 6.92 Å². The molecule has 0 aliphatic carbocycles. The van der Waals surface area contributed by atoms with Crippen molar-refractivity contribution >= 4 is 34.2 Å². The van der Waals surface area contributed by atoms with E-state index in [9.17, 15) is 10.1 Å². The fourth-order valence-electron chi connectivity index (χ4n) is 2.61. The lowest BCUT2D eigenvalue weighted by Crippen LogP contribution is -2.11. The van der Waals surface area contributed by atoms with E-state index >= 15 is 0 Å². The molecule has 2 aromatic carbocycles. The maximum atomic E-state index is 12.3. The molecule has 1 aromatic heterocycles. The summed E-state index contributed by atoms with van der Waals surface area (Å²) in [6.07, 6.45) is 1.62. The van der Waals surface area contributed by atoms with Crippen LogP contribution in [0.4, 0.5) is 0 Å². The Bertz CT molecular complexity index is 1130. The van der Waals surface area contributed by atoms with Gasteiger partial charge in [-0.3, -0.25) is 4.79 Å². The highest BCUT2D eigenvalue weighted by atomic mass is 35.5. The molecule has 0 amide bonds. The predicted octanol–water partition coefficient (Wildman–Crippen LogP) is 4.05. The molecule has 7 heteroatoms. The number of nitrogens with one attached hydrogen (secondary N) is 1. The minimum absolute atomic E-state index is 0.172. The molecular weight excluding hydrogens is 366 g/mol. The van der Waals surface area contributed by atoms with E-state index in [1.54, 1.807) is 49.6 Å². The number of allylic oxidation sites excluding steroid dienone is 1. The molecule has 1 N–H and O–H groups in total. The van der Waals surface area contributed by atoms with E-state index < -0.39 is 0 Å². The number of methoxy groups -OCH3 is 1. The first kappa shape index (κ1) is 18.5. The normalized spacial score (nSPS) is 11.3. The molecule has 1 heterocycles. The van der Waals surface area contributed by atoms with E-state index in [0.717, 1.165) is 0 Å². The molecule has 0 aliphatic rings. The van der Waals surface area contributed by atoms with Crippen LogP contribution in [-0.2, 0) is 0 Å². The summed E-state index contributed by atoms with van der Waals surface area (Å²) in [5, 5.41) is 10.4. The van der Waals surface area contributed by atoms with Gasteiger partial charge in [-0.2, -0.15) is 5.26 Å². The van der Waals surface area contributed by atoms with E-state index in [2.05, 4.69) is 16.0 Å². The number of aromatic nitrogens is 2. The number of hydrogen-bond donors (Lipinski definition) is 1. The van der Waals surface area contributed by atoms with E-state index in [1.165, 1.54) is 0 Å². The Labute approximate surface area is 160 Å². The highest BCUT2D eigenvalue weighted by Crippen LogP contribution is 2.29. The van der Waals surface area contributed by atoms with Gasteiger partial charge in [0.2, 0.25) is 0 Å². The fraction of sp³-hybridized carbons (Fsp3) is 0.150. The smallest absolute Gasteiger partial charge is 0.259 e. The lowest BCUT2D eigenvalue weighted by Gasteiger charge is -2.10. The molecule has 0 unspecified atom stereocenters. The van der Waals surface area contributed by atoms with Gasteiger partial charge >= 0.3 is 0 Å². The molecule has 0 fully saturated rings. The molecule has 0 bridgehead atoms. The van der Waals surface area contributed by atoms with Crippen LogP contribution in [0.2, 0.25) is 5.02 Å². The number of nitriles is 1. The number of halogens is 1. The number of H-pyrrole nitrogens is 1. The Morgan fingerprint density at radius 2 is 2.11 bits per heavy atom. The van der Waals surface area contributed by atoms with Crippen molar-refractivity contribution in [3.8, 4) is 17.6 Å². The first-order valence-electron chi connectivity index (χ1n) is 8.18. The molecule has 0 atom stereocenters. The van der Waals surface area contributed by atoms with Crippen molar-refractivity contribution in [2.75, 3.05) is 13.7 Å². The first-order valence-corrected chi connectivity index (χ1v) is 8.56. The van der Waals surface area contributed by atoms with Crippen molar-refractivity contribution < 1.29 is 9.47 Å². The molecule has 3 aromatic rings. The van der Waals surface area contributed by atoms with Gasteiger partial charge in [0.15, 0.2) is 17.3 Å². The SMILES string of the molecule is CCOc1cc(/C=C(\C#N)c2nc3cc(Cl)ccc3c(=O)[nH]2)ccc1OC.